The van der Waals surface area contributed by atoms with E-state index in [2.05, 4.69) is 9.88 Å². The van der Waals surface area contributed by atoms with Gasteiger partial charge in [-0.25, -0.2) is 9.78 Å². The van der Waals surface area contributed by atoms with Gasteiger partial charge in [0.2, 0.25) is 0 Å². The van der Waals surface area contributed by atoms with E-state index >= 15 is 0 Å². The lowest BCUT2D eigenvalue weighted by molar-refractivity contribution is 0.0600. The van der Waals surface area contributed by atoms with Gasteiger partial charge in [-0.3, -0.25) is 0 Å². The Morgan fingerprint density at radius 1 is 1.61 bits per heavy atom. The van der Waals surface area contributed by atoms with E-state index in [1.165, 1.54) is 13.2 Å². The summed E-state index contributed by atoms with van der Waals surface area (Å²) in [4.78, 5) is 17.9. The highest BCUT2D eigenvalue weighted by atomic mass is 35.5. The molecule has 1 fully saturated rings. The van der Waals surface area contributed by atoms with E-state index in [1.807, 2.05) is 6.92 Å². The number of carbonyl (C=O) groups excluding carboxylic acids is 1. The number of hydrogen-bond acceptors (Lipinski definition) is 5. The lowest BCUT2D eigenvalue weighted by Gasteiger charge is -2.34. The second-order valence-corrected chi connectivity index (χ2v) is 4.53. The summed E-state index contributed by atoms with van der Waals surface area (Å²) in [6.07, 6.45) is 0. The fourth-order valence-corrected chi connectivity index (χ4v) is 2.14. The van der Waals surface area contributed by atoms with Crippen LogP contribution in [-0.2, 0) is 9.47 Å². The quantitative estimate of drug-likeness (QED) is 0.605. The Morgan fingerprint density at radius 3 is 3.06 bits per heavy atom. The average Bonchev–Trinajstić information content (AvgIpc) is 2.37. The van der Waals surface area contributed by atoms with Crippen molar-refractivity contribution in [1.29, 1.82) is 0 Å². The number of anilines is 1. The first-order chi connectivity index (χ1) is 8.61. The molecule has 1 saturated heterocycles. The highest BCUT2D eigenvalue weighted by molar-refractivity contribution is 6.29. The zero-order valence-corrected chi connectivity index (χ0v) is 11.1. The Morgan fingerprint density at radius 2 is 2.39 bits per heavy atom. The Hall–Kier alpha value is -1.33. The van der Waals surface area contributed by atoms with Crippen LogP contribution in [0, 0.1) is 0 Å². The lowest BCUT2D eigenvalue weighted by atomic mass is 10.2. The number of aromatic nitrogens is 1. The molecule has 1 atom stereocenters. The van der Waals surface area contributed by atoms with Crippen LogP contribution in [0.5, 0.6) is 0 Å². The highest BCUT2D eigenvalue weighted by Gasteiger charge is 2.21. The molecule has 0 radical (unpaired) electrons. The molecular formula is C12H15ClN2O3. The fourth-order valence-electron chi connectivity index (χ4n) is 1.93. The van der Waals surface area contributed by atoms with Gasteiger partial charge in [0.05, 0.1) is 31.9 Å². The van der Waals surface area contributed by atoms with Gasteiger partial charge in [0.25, 0.3) is 0 Å². The van der Waals surface area contributed by atoms with Crippen molar-refractivity contribution in [1.82, 2.24) is 4.98 Å². The van der Waals surface area contributed by atoms with Crippen molar-refractivity contribution in [3.05, 3.63) is 22.8 Å². The van der Waals surface area contributed by atoms with Crippen LogP contribution in [0.15, 0.2) is 12.1 Å². The third-order valence-electron chi connectivity index (χ3n) is 2.86. The van der Waals surface area contributed by atoms with Gasteiger partial charge < -0.3 is 14.4 Å². The van der Waals surface area contributed by atoms with Crippen molar-refractivity contribution in [2.75, 3.05) is 31.8 Å². The number of hydrogen-bond donors (Lipinski definition) is 0. The molecule has 0 aliphatic carbocycles. The highest BCUT2D eigenvalue weighted by Crippen LogP contribution is 2.22. The first kappa shape index (κ1) is 13.1. The summed E-state index contributed by atoms with van der Waals surface area (Å²) >= 11 is 5.94. The van der Waals surface area contributed by atoms with Crippen molar-refractivity contribution in [2.24, 2.45) is 0 Å². The number of methoxy groups -OCH3 is 1. The summed E-state index contributed by atoms with van der Waals surface area (Å²) < 4.78 is 10.1. The molecule has 0 spiro atoms. The normalized spacial score (nSPS) is 19.7. The molecular weight excluding hydrogens is 256 g/mol. The molecule has 1 aliphatic heterocycles. The minimum Gasteiger partial charge on any atom is -0.465 e. The Labute approximate surface area is 111 Å². The number of esters is 1. The van der Waals surface area contributed by atoms with Gasteiger partial charge in [-0.1, -0.05) is 11.6 Å². The van der Waals surface area contributed by atoms with Gasteiger partial charge in [-0.15, -0.1) is 0 Å². The summed E-state index contributed by atoms with van der Waals surface area (Å²) in [6, 6.07) is 3.40. The monoisotopic (exact) mass is 270 g/mol. The predicted octanol–water partition coefficient (Wildman–Crippen LogP) is 1.75. The SMILES string of the molecule is COC(=O)c1cc(Cl)nc(N2CCOCC2C)c1. The Balaban J connectivity index is 2.32. The molecule has 1 unspecified atom stereocenters. The molecule has 1 aromatic rings. The molecule has 98 valence electrons. The summed E-state index contributed by atoms with van der Waals surface area (Å²) in [5.74, 6) is 0.264. The van der Waals surface area contributed by atoms with Crippen molar-refractivity contribution < 1.29 is 14.3 Å². The molecule has 5 nitrogen and oxygen atoms in total. The van der Waals surface area contributed by atoms with Crippen LogP contribution in [-0.4, -0.2) is 43.9 Å². The van der Waals surface area contributed by atoms with Gasteiger partial charge in [-0.2, -0.15) is 0 Å². The second-order valence-electron chi connectivity index (χ2n) is 4.15. The van der Waals surface area contributed by atoms with Crippen molar-refractivity contribution >= 4 is 23.4 Å². The third-order valence-corrected chi connectivity index (χ3v) is 3.06. The first-order valence-electron chi connectivity index (χ1n) is 5.72. The van der Waals surface area contributed by atoms with Crippen LogP contribution in [0.3, 0.4) is 0 Å². The van der Waals surface area contributed by atoms with Gasteiger partial charge in [0.1, 0.15) is 11.0 Å². The molecule has 18 heavy (non-hydrogen) atoms. The summed E-state index contributed by atoms with van der Waals surface area (Å²) in [7, 11) is 1.34. The molecule has 2 heterocycles. The lowest BCUT2D eigenvalue weighted by Crippen LogP contribution is -2.44. The van der Waals surface area contributed by atoms with Crippen LogP contribution in [0.4, 0.5) is 5.82 Å². The maximum Gasteiger partial charge on any atom is 0.338 e. The molecule has 6 heteroatoms. The zero-order valence-electron chi connectivity index (χ0n) is 10.4. The molecule has 1 aromatic heterocycles. The summed E-state index contributed by atoms with van der Waals surface area (Å²) in [5, 5.41) is 0.284. The summed E-state index contributed by atoms with van der Waals surface area (Å²) in [5.41, 5.74) is 0.409. The van der Waals surface area contributed by atoms with Crippen LogP contribution < -0.4 is 4.90 Å². The molecule has 0 aromatic carbocycles. The number of carbonyl (C=O) groups is 1. The van der Waals surface area contributed by atoms with Crippen LogP contribution in [0.25, 0.3) is 0 Å². The van der Waals surface area contributed by atoms with Gasteiger partial charge in [-0.05, 0) is 19.1 Å². The first-order valence-corrected chi connectivity index (χ1v) is 6.10. The zero-order chi connectivity index (χ0) is 13.1. The van der Waals surface area contributed by atoms with E-state index in [4.69, 9.17) is 21.1 Å². The van der Waals surface area contributed by atoms with Gasteiger partial charge >= 0.3 is 5.97 Å². The Bertz CT molecular complexity index is 453. The van der Waals surface area contributed by atoms with E-state index in [0.717, 1.165) is 6.54 Å². The summed E-state index contributed by atoms with van der Waals surface area (Å²) in [6.45, 7) is 4.06. The third kappa shape index (κ3) is 2.73. The molecule has 0 amide bonds. The number of ether oxygens (including phenoxy) is 2. The fraction of sp³-hybridized carbons (Fsp3) is 0.500. The van der Waals surface area contributed by atoms with E-state index in [-0.39, 0.29) is 11.2 Å². The molecule has 0 saturated carbocycles. The maximum atomic E-state index is 11.5. The number of rotatable bonds is 2. The smallest absolute Gasteiger partial charge is 0.338 e. The minimum absolute atomic E-state index is 0.204. The van der Waals surface area contributed by atoms with E-state index in [0.29, 0.717) is 24.6 Å². The van der Waals surface area contributed by atoms with Crippen LogP contribution in [0.1, 0.15) is 17.3 Å². The molecule has 2 rings (SSSR count). The maximum absolute atomic E-state index is 11.5. The van der Waals surface area contributed by atoms with Crippen molar-refractivity contribution in [2.45, 2.75) is 13.0 Å². The van der Waals surface area contributed by atoms with Gasteiger partial charge in [0, 0.05) is 6.54 Å². The van der Waals surface area contributed by atoms with Crippen molar-refractivity contribution in [3.8, 4) is 0 Å². The van der Waals surface area contributed by atoms with Crippen molar-refractivity contribution in [3.63, 3.8) is 0 Å². The number of morpholine rings is 1. The number of halogens is 1. The number of pyridine rings is 1. The molecule has 1 aliphatic rings. The van der Waals surface area contributed by atoms with Crippen LogP contribution in [0.2, 0.25) is 5.15 Å². The standard InChI is InChI=1S/C12H15ClN2O3/c1-8-7-18-4-3-15(8)11-6-9(12(16)17-2)5-10(13)14-11/h5-6,8H,3-4,7H2,1-2H3. The van der Waals surface area contributed by atoms with Crippen LogP contribution >= 0.6 is 11.6 Å². The largest absolute Gasteiger partial charge is 0.465 e. The van der Waals surface area contributed by atoms with Gasteiger partial charge in [0.15, 0.2) is 0 Å². The van der Waals surface area contributed by atoms with E-state index in [1.54, 1.807) is 6.07 Å². The van der Waals surface area contributed by atoms with E-state index in [9.17, 15) is 4.79 Å². The second kappa shape index (κ2) is 5.54. The Kier molecular flexibility index (Phi) is 4.04. The minimum atomic E-state index is -0.415. The predicted molar refractivity (Wildman–Crippen MR) is 68.2 cm³/mol. The topological polar surface area (TPSA) is 51.7 Å². The molecule has 0 N–H and O–H groups in total. The average molecular weight is 271 g/mol. The van der Waals surface area contributed by atoms with E-state index < -0.39 is 5.97 Å². The number of nitrogens with zero attached hydrogens (tertiary/aromatic N) is 2. The molecule has 0 bridgehead atoms.